The molecule has 0 aromatic heterocycles. The highest BCUT2D eigenvalue weighted by Gasteiger charge is 2.31. The van der Waals surface area contributed by atoms with Crippen LogP contribution in [0.3, 0.4) is 0 Å². The van der Waals surface area contributed by atoms with Crippen molar-refractivity contribution in [3.05, 3.63) is 70.5 Å². The molecule has 2 aromatic rings. The minimum atomic E-state index is -0.926. The third-order valence-corrected chi connectivity index (χ3v) is 7.17. The molecule has 2 rings (SSSR count). The maximum absolute atomic E-state index is 7.12. The number of benzene rings is 2. The van der Waals surface area contributed by atoms with Crippen molar-refractivity contribution in [2.75, 3.05) is 0 Å². The van der Waals surface area contributed by atoms with E-state index in [1.54, 1.807) is 0 Å². The van der Waals surface area contributed by atoms with Gasteiger partial charge in [0, 0.05) is 12.6 Å². The second-order valence-electron chi connectivity index (χ2n) is 10.7. The van der Waals surface area contributed by atoms with Crippen LogP contribution in [0.5, 0.6) is 0 Å². The van der Waals surface area contributed by atoms with E-state index >= 15 is 0 Å². The molecule has 0 saturated heterocycles. The third kappa shape index (κ3) is 5.71. The fourth-order valence-corrected chi connectivity index (χ4v) is 5.66. The first kappa shape index (κ1) is 23.2. The average molecular weight is 415 g/mol. The summed E-state index contributed by atoms with van der Waals surface area (Å²) in [5, 5.41) is 1.33. The maximum atomic E-state index is 7.12. The molecule has 0 amide bonds. The lowest BCUT2D eigenvalue weighted by Gasteiger charge is -2.34. The van der Waals surface area contributed by atoms with Gasteiger partial charge in [-0.25, -0.2) is 0 Å². The van der Waals surface area contributed by atoms with Crippen molar-refractivity contribution in [3.63, 3.8) is 0 Å². The topological polar surface area (TPSA) is 0 Å². The van der Waals surface area contributed by atoms with Crippen LogP contribution in [-0.4, -0.2) is 0 Å². The molecule has 0 nitrogen and oxygen atoms in total. The molecule has 0 aliphatic carbocycles. The molecule has 0 saturated carbocycles. The van der Waals surface area contributed by atoms with Gasteiger partial charge in [0.15, 0.2) is 0 Å². The SMILES string of the molecule is CC(C)(C)c1cc(C(C)(C)C)c(P(Cl)/C=C/c2ccccc2)c(C(C)(C)C)c1. The molecule has 0 bridgehead atoms. The van der Waals surface area contributed by atoms with Gasteiger partial charge in [-0.1, -0.05) is 122 Å². The van der Waals surface area contributed by atoms with Gasteiger partial charge in [0.2, 0.25) is 0 Å². The number of hydrogen-bond donors (Lipinski definition) is 0. The Hall–Kier alpha value is -1.10. The molecule has 1 atom stereocenters. The number of rotatable bonds is 3. The lowest BCUT2D eigenvalue weighted by molar-refractivity contribution is 0.554. The van der Waals surface area contributed by atoms with Crippen molar-refractivity contribution in [3.8, 4) is 0 Å². The molecular formula is C26H36ClP. The predicted molar refractivity (Wildman–Crippen MR) is 130 cm³/mol. The standard InChI is InChI=1S/C26H36ClP/c1-24(2,3)20-17-21(25(4,5)6)23(22(18-20)26(7,8)9)28(27)16-15-19-13-11-10-12-14-19/h10-18H,1-9H3/b16-15+. The largest absolute Gasteiger partial charge is 0.0865 e. The Kier molecular flexibility index (Phi) is 6.90. The Morgan fingerprint density at radius 1 is 0.714 bits per heavy atom. The van der Waals surface area contributed by atoms with Crippen LogP contribution in [0.15, 0.2) is 48.3 Å². The van der Waals surface area contributed by atoms with E-state index in [0.29, 0.717) is 0 Å². The van der Waals surface area contributed by atoms with Crippen molar-refractivity contribution in [1.82, 2.24) is 0 Å². The maximum Gasteiger partial charge on any atom is 0.0456 e. The Balaban J connectivity index is 2.71. The van der Waals surface area contributed by atoms with Crippen LogP contribution in [0.1, 0.15) is 84.6 Å². The lowest BCUT2D eigenvalue weighted by atomic mass is 9.75. The Bertz CT molecular complexity index is 792. The van der Waals surface area contributed by atoms with E-state index in [1.165, 1.54) is 27.6 Å². The van der Waals surface area contributed by atoms with Crippen molar-refractivity contribution in [2.45, 2.75) is 78.6 Å². The van der Waals surface area contributed by atoms with E-state index in [0.717, 1.165) is 0 Å². The highest BCUT2D eigenvalue weighted by Crippen LogP contribution is 2.49. The van der Waals surface area contributed by atoms with Gasteiger partial charge in [0.05, 0.1) is 0 Å². The molecule has 2 heteroatoms. The van der Waals surface area contributed by atoms with Crippen LogP contribution in [0.25, 0.3) is 6.08 Å². The molecule has 0 aliphatic heterocycles. The zero-order chi connectivity index (χ0) is 21.3. The van der Waals surface area contributed by atoms with Gasteiger partial charge in [0.25, 0.3) is 0 Å². The van der Waals surface area contributed by atoms with Crippen molar-refractivity contribution < 1.29 is 0 Å². The zero-order valence-electron chi connectivity index (χ0n) is 19.0. The van der Waals surface area contributed by atoms with Gasteiger partial charge >= 0.3 is 0 Å². The zero-order valence-corrected chi connectivity index (χ0v) is 20.7. The molecule has 152 valence electrons. The molecule has 0 N–H and O–H groups in total. The van der Waals surface area contributed by atoms with E-state index in [9.17, 15) is 0 Å². The van der Waals surface area contributed by atoms with Crippen LogP contribution in [0.2, 0.25) is 0 Å². The third-order valence-electron chi connectivity index (χ3n) is 5.00. The van der Waals surface area contributed by atoms with E-state index in [1.807, 2.05) is 6.07 Å². The van der Waals surface area contributed by atoms with Gasteiger partial charge in [0.1, 0.15) is 0 Å². The van der Waals surface area contributed by atoms with Crippen LogP contribution in [0.4, 0.5) is 0 Å². The van der Waals surface area contributed by atoms with E-state index in [4.69, 9.17) is 11.2 Å². The first-order valence-corrected chi connectivity index (χ1v) is 12.4. The first-order valence-electron chi connectivity index (χ1n) is 10.1. The Morgan fingerprint density at radius 3 is 1.57 bits per heavy atom. The van der Waals surface area contributed by atoms with Crippen molar-refractivity contribution in [2.24, 2.45) is 0 Å². The fraction of sp³-hybridized carbons (Fsp3) is 0.462. The van der Waals surface area contributed by atoms with Gasteiger partial charge in [-0.2, -0.15) is 0 Å². The summed E-state index contributed by atoms with van der Waals surface area (Å²) < 4.78 is 0. The summed E-state index contributed by atoms with van der Waals surface area (Å²) in [4.78, 5) is 0. The molecule has 0 radical (unpaired) electrons. The summed E-state index contributed by atoms with van der Waals surface area (Å²) in [5.41, 5.74) is 5.51. The number of hydrogen-bond acceptors (Lipinski definition) is 0. The lowest BCUT2D eigenvalue weighted by Crippen LogP contribution is -2.31. The second kappa shape index (κ2) is 8.33. The summed E-state index contributed by atoms with van der Waals surface area (Å²) in [6.07, 6.45) is 2.16. The van der Waals surface area contributed by atoms with Crippen LogP contribution in [-0.2, 0) is 16.2 Å². The smallest absolute Gasteiger partial charge is 0.0456 e. The molecule has 2 aromatic carbocycles. The minimum absolute atomic E-state index is 0.0344. The van der Waals surface area contributed by atoms with Crippen LogP contribution in [0, 0.1) is 0 Å². The highest BCUT2D eigenvalue weighted by atomic mass is 35.7. The van der Waals surface area contributed by atoms with Crippen molar-refractivity contribution >= 4 is 29.9 Å². The summed E-state index contributed by atoms with van der Waals surface area (Å²) in [5.74, 6) is 2.20. The van der Waals surface area contributed by atoms with E-state index in [-0.39, 0.29) is 16.2 Å². The first-order chi connectivity index (χ1) is 12.7. The molecule has 28 heavy (non-hydrogen) atoms. The normalized spacial score (nSPS) is 14.5. The molecule has 1 unspecified atom stereocenters. The predicted octanol–water partition coefficient (Wildman–Crippen LogP) is 8.51. The van der Waals surface area contributed by atoms with E-state index < -0.39 is 7.27 Å². The molecule has 0 spiro atoms. The summed E-state index contributed by atoms with van der Waals surface area (Å²) in [7, 11) is -0.926. The van der Waals surface area contributed by atoms with Crippen LogP contribution < -0.4 is 5.30 Å². The average Bonchev–Trinajstić information content (AvgIpc) is 2.57. The van der Waals surface area contributed by atoms with Gasteiger partial charge in [-0.15, -0.1) is 0 Å². The van der Waals surface area contributed by atoms with Crippen LogP contribution >= 0.6 is 18.5 Å². The summed E-state index contributed by atoms with van der Waals surface area (Å²) >= 11 is 7.12. The van der Waals surface area contributed by atoms with E-state index in [2.05, 4.69) is 111 Å². The molecular weight excluding hydrogens is 379 g/mol. The second-order valence-corrected chi connectivity index (χ2v) is 13.2. The monoisotopic (exact) mass is 414 g/mol. The highest BCUT2D eigenvalue weighted by molar-refractivity contribution is 7.92. The Labute approximate surface area is 179 Å². The minimum Gasteiger partial charge on any atom is -0.0865 e. The van der Waals surface area contributed by atoms with Crippen molar-refractivity contribution in [1.29, 1.82) is 0 Å². The fourth-order valence-electron chi connectivity index (χ4n) is 3.23. The molecule has 0 fully saturated rings. The summed E-state index contributed by atoms with van der Waals surface area (Å²) in [6, 6.07) is 15.2. The van der Waals surface area contributed by atoms with Gasteiger partial charge in [-0.3, -0.25) is 0 Å². The summed E-state index contributed by atoms with van der Waals surface area (Å²) in [6.45, 7) is 20.7. The quantitative estimate of drug-likeness (QED) is 0.441. The molecule has 0 heterocycles. The van der Waals surface area contributed by atoms with Gasteiger partial charge < -0.3 is 0 Å². The Morgan fingerprint density at radius 2 is 1.18 bits per heavy atom. The molecule has 0 aliphatic rings. The number of halogens is 1. The van der Waals surface area contributed by atoms with Gasteiger partial charge in [-0.05, 0) is 44.3 Å².